The van der Waals surface area contributed by atoms with Crippen molar-refractivity contribution in [2.24, 2.45) is 0 Å². The van der Waals surface area contributed by atoms with E-state index in [1.807, 2.05) is 4.90 Å². The van der Waals surface area contributed by atoms with Crippen molar-refractivity contribution in [3.63, 3.8) is 0 Å². The van der Waals surface area contributed by atoms with Crippen molar-refractivity contribution in [2.75, 3.05) is 31.1 Å². The lowest BCUT2D eigenvalue weighted by Crippen LogP contribution is -2.48. The molecular weight excluding hydrogens is 319 g/mol. The van der Waals surface area contributed by atoms with Gasteiger partial charge in [-0.3, -0.25) is 4.79 Å². The molecule has 1 aliphatic heterocycles. The first-order chi connectivity index (χ1) is 7.68. The first-order valence-electron chi connectivity index (χ1n) is 5.14. The van der Waals surface area contributed by atoms with E-state index in [4.69, 9.17) is 0 Å². The van der Waals surface area contributed by atoms with Gasteiger partial charge < -0.3 is 9.80 Å². The molecule has 1 fully saturated rings. The van der Waals surface area contributed by atoms with Gasteiger partial charge in [0.1, 0.15) is 12.1 Å². The number of rotatable bonds is 1. The first-order valence-corrected chi connectivity index (χ1v) is 6.22. The summed E-state index contributed by atoms with van der Waals surface area (Å²) in [5, 5.41) is 0. The lowest BCUT2D eigenvalue weighted by Gasteiger charge is -2.35. The second kappa shape index (κ2) is 4.94. The minimum Gasteiger partial charge on any atom is -0.352 e. The third-order valence-electron chi connectivity index (χ3n) is 2.67. The van der Waals surface area contributed by atoms with Crippen LogP contribution in [-0.2, 0) is 4.79 Å². The Bertz CT molecular complexity index is 390. The number of piperazine rings is 1. The van der Waals surface area contributed by atoms with Crippen molar-refractivity contribution >= 4 is 34.3 Å². The van der Waals surface area contributed by atoms with E-state index in [1.165, 1.54) is 0 Å². The van der Waals surface area contributed by atoms with E-state index in [0.29, 0.717) is 0 Å². The minimum absolute atomic E-state index is 0.150. The van der Waals surface area contributed by atoms with E-state index in [2.05, 4.69) is 37.5 Å². The van der Waals surface area contributed by atoms with Crippen molar-refractivity contribution in [1.29, 1.82) is 0 Å². The fourth-order valence-corrected chi connectivity index (χ4v) is 2.41. The smallest absolute Gasteiger partial charge is 0.219 e. The van der Waals surface area contributed by atoms with Crippen molar-refractivity contribution in [3.05, 3.63) is 16.1 Å². The van der Waals surface area contributed by atoms with Crippen molar-refractivity contribution in [3.8, 4) is 0 Å². The summed E-state index contributed by atoms with van der Waals surface area (Å²) in [7, 11) is 0. The van der Waals surface area contributed by atoms with E-state index < -0.39 is 0 Å². The van der Waals surface area contributed by atoms with Crippen LogP contribution in [0.2, 0.25) is 0 Å². The molecule has 16 heavy (non-hydrogen) atoms. The Kier molecular flexibility index (Phi) is 3.57. The summed E-state index contributed by atoms with van der Waals surface area (Å²) in [5.41, 5.74) is 0. The molecule has 2 heterocycles. The lowest BCUT2D eigenvalue weighted by atomic mass is 10.3. The molecule has 6 heteroatoms. The van der Waals surface area contributed by atoms with Crippen LogP contribution in [0.4, 0.5) is 5.82 Å². The maximum atomic E-state index is 11.2. The van der Waals surface area contributed by atoms with Crippen molar-refractivity contribution < 1.29 is 4.79 Å². The normalized spacial score (nSPS) is 16.4. The molecule has 0 atom stereocenters. The molecule has 1 saturated heterocycles. The second-order valence-corrected chi connectivity index (χ2v) is 4.85. The number of anilines is 1. The number of carbonyl (C=O) groups excluding carboxylic acids is 1. The Morgan fingerprint density at radius 2 is 2.06 bits per heavy atom. The molecule has 0 spiro atoms. The zero-order valence-corrected chi connectivity index (χ0v) is 11.2. The van der Waals surface area contributed by atoms with Gasteiger partial charge >= 0.3 is 0 Å². The van der Waals surface area contributed by atoms with Crippen LogP contribution < -0.4 is 4.90 Å². The third kappa shape index (κ3) is 2.42. The van der Waals surface area contributed by atoms with Gasteiger partial charge in [0, 0.05) is 39.3 Å². The Morgan fingerprint density at radius 1 is 1.38 bits per heavy atom. The van der Waals surface area contributed by atoms with Gasteiger partial charge in [-0.2, -0.15) is 0 Å². The maximum Gasteiger partial charge on any atom is 0.219 e. The first kappa shape index (κ1) is 11.6. The van der Waals surface area contributed by atoms with Gasteiger partial charge in [0.2, 0.25) is 5.91 Å². The molecule has 0 N–H and O–H groups in total. The summed E-state index contributed by atoms with van der Waals surface area (Å²) in [6.45, 7) is 4.84. The number of carbonyl (C=O) groups is 1. The van der Waals surface area contributed by atoms with Crippen LogP contribution in [0, 0.1) is 3.57 Å². The fraction of sp³-hybridized carbons (Fsp3) is 0.500. The number of amides is 1. The van der Waals surface area contributed by atoms with Crippen LogP contribution in [0.3, 0.4) is 0 Å². The number of hydrogen-bond acceptors (Lipinski definition) is 4. The van der Waals surface area contributed by atoms with Gasteiger partial charge in [-0.05, 0) is 22.6 Å². The van der Waals surface area contributed by atoms with Crippen LogP contribution >= 0.6 is 22.6 Å². The second-order valence-electron chi connectivity index (χ2n) is 3.69. The average Bonchev–Trinajstić information content (AvgIpc) is 2.30. The number of halogens is 1. The topological polar surface area (TPSA) is 49.3 Å². The van der Waals surface area contributed by atoms with Crippen LogP contribution in [0.5, 0.6) is 0 Å². The van der Waals surface area contributed by atoms with Gasteiger partial charge in [0.15, 0.2) is 0 Å². The SMILES string of the molecule is CC(=O)N1CCN(c2ncncc2I)CC1. The fourth-order valence-electron chi connectivity index (χ4n) is 1.77. The summed E-state index contributed by atoms with van der Waals surface area (Å²) in [5.74, 6) is 1.12. The molecule has 1 aliphatic rings. The molecule has 0 unspecified atom stereocenters. The van der Waals surface area contributed by atoms with E-state index in [-0.39, 0.29) is 5.91 Å². The molecule has 0 radical (unpaired) electrons. The predicted octanol–water partition coefficient (Wildman–Crippen LogP) is 0.750. The molecule has 1 aromatic rings. The predicted molar refractivity (Wildman–Crippen MR) is 69.2 cm³/mol. The van der Waals surface area contributed by atoms with Gasteiger partial charge in [-0.1, -0.05) is 0 Å². The summed E-state index contributed by atoms with van der Waals surface area (Å²) in [6.07, 6.45) is 3.37. The molecule has 86 valence electrons. The number of hydrogen-bond donors (Lipinski definition) is 0. The van der Waals surface area contributed by atoms with Crippen LogP contribution in [-0.4, -0.2) is 47.0 Å². The van der Waals surface area contributed by atoms with E-state index in [1.54, 1.807) is 19.4 Å². The Morgan fingerprint density at radius 3 is 2.62 bits per heavy atom. The highest BCUT2D eigenvalue weighted by Crippen LogP contribution is 2.19. The van der Waals surface area contributed by atoms with E-state index in [9.17, 15) is 4.79 Å². The minimum atomic E-state index is 0.150. The Hall–Kier alpha value is -0.920. The Labute approximate surface area is 108 Å². The van der Waals surface area contributed by atoms with E-state index in [0.717, 1.165) is 35.6 Å². The summed E-state index contributed by atoms with van der Waals surface area (Å²) in [4.78, 5) is 23.5. The van der Waals surface area contributed by atoms with Gasteiger partial charge in [-0.25, -0.2) is 9.97 Å². The molecule has 1 amide bonds. The average molecular weight is 332 g/mol. The zero-order chi connectivity index (χ0) is 11.5. The molecule has 0 bridgehead atoms. The molecule has 0 aromatic carbocycles. The van der Waals surface area contributed by atoms with E-state index >= 15 is 0 Å². The zero-order valence-electron chi connectivity index (χ0n) is 9.06. The highest BCUT2D eigenvalue weighted by molar-refractivity contribution is 14.1. The van der Waals surface area contributed by atoms with Crippen molar-refractivity contribution in [1.82, 2.24) is 14.9 Å². The highest BCUT2D eigenvalue weighted by atomic mass is 127. The van der Waals surface area contributed by atoms with Crippen LogP contribution in [0.25, 0.3) is 0 Å². The highest BCUT2D eigenvalue weighted by Gasteiger charge is 2.20. The Balaban J connectivity index is 2.05. The maximum absolute atomic E-state index is 11.2. The number of aromatic nitrogens is 2. The third-order valence-corrected chi connectivity index (χ3v) is 3.43. The molecule has 2 rings (SSSR count). The van der Waals surface area contributed by atoms with Crippen LogP contribution in [0.15, 0.2) is 12.5 Å². The molecule has 0 aliphatic carbocycles. The molecular formula is C10H13IN4O. The lowest BCUT2D eigenvalue weighted by molar-refractivity contribution is -0.129. The van der Waals surface area contributed by atoms with Crippen molar-refractivity contribution in [2.45, 2.75) is 6.92 Å². The molecule has 1 aromatic heterocycles. The quantitative estimate of drug-likeness (QED) is 0.712. The molecule has 5 nitrogen and oxygen atoms in total. The van der Waals surface area contributed by atoms with Gasteiger partial charge in [0.05, 0.1) is 3.57 Å². The largest absolute Gasteiger partial charge is 0.352 e. The van der Waals surface area contributed by atoms with Gasteiger partial charge in [-0.15, -0.1) is 0 Å². The summed E-state index contributed by atoms with van der Waals surface area (Å²) in [6, 6.07) is 0. The summed E-state index contributed by atoms with van der Waals surface area (Å²) >= 11 is 2.23. The van der Waals surface area contributed by atoms with Gasteiger partial charge in [0.25, 0.3) is 0 Å². The summed E-state index contributed by atoms with van der Waals surface area (Å²) < 4.78 is 1.05. The van der Waals surface area contributed by atoms with Crippen LogP contribution in [0.1, 0.15) is 6.92 Å². The molecule has 0 saturated carbocycles. The standard InChI is InChI=1S/C10H13IN4O/c1-8(16)14-2-4-15(5-3-14)10-9(11)6-12-7-13-10/h6-7H,2-5H2,1H3. The monoisotopic (exact) mass is 332 g/mol. The number of nitrogens with zero attached hydrogens (tertiary/aromatic N) is 4.